The van der Waals surface area contributed by atoms with Crippen LogP contribution in [0.4, 0.5) is 28.9 Å². The number of fused-ring (bicyclic) bond motifs is 1. The van der Waals surface area contributed by atoms with Crippen LogP contribution in [0.1, 0.15) is 36.1 Å². The van der Waals surface area contributed by atoms with E-state index in [1.54, 1.807) is 6.92 Å². The van der Waals surface area contributed by atoms with E-state index in [0.29, 0.717) is 12.0 Å². The summed E-state index contributed by atoms with van der Waals surface area (Å²) in [5.74, 6) is -1.91. The predicted molar refractivity (Wildman–Crippen MR) is 104 cm³/mol. The normalized spacial score (nSPS) is 16.2. The molecular formula is C20H17ClF4N2O3. The van der Waals surface area contributed by atoms with Crippen LogP contribution in [0, 0.1) is 5.82 Å². The number of hydrogen-bond donors (Lipinski definition) is 1. The van der Waals surface area contributed by atoms with Crippen molar-refractivity contribution in [2.24, 2.45) is 4.99 Å². The van der Waals surface area contributed by atoms with Gasteiger partial charge in [0, 0.05) is 5.56 Å². The van der Waals surface area contributed by atoms with Crippen LogP contribution in [-0.4, -0.2) is 23.5 Å². The third kappa shape index (κ3) is 3.94. The number of halogens is 5. The summed E-state index contributed by atoms with van der Waals surface area (Å²) in [6, 6.07) is 4.37. The number of methoxy groups -OCH3 is 1. The van der Waals surface area contributed by atoms with Crippen molar-refractivity contribution < 1.29 is 32.2 Å². The predicted octanol–water partition coefficient (Wildman–Crippen LogP) is 5.68. The Labute approximate surface area is 174 Å². The molecule has 2 aromatic carbocycles. The highest BCUT2D eigenvalue weighted by molar-refractivity contribution is 6.68. The number of anilines is 1. The van der Waals surface area contributed by atoms with Gasteiger partial charge in [0.05, 0.1) is 30.8 Å². The van der Waals surface area contributed by atoms with E-state index in [2.05, 4.69) is 4.99 Å². The minimum atomic E-state index is -4.65. The fourth-order valence-corrected chi connectivity index (χ4v) is 3.79. The first-order chi connectivity index (χ1) is 14.1. The molecule has 0 saturated carbocycles. The molecule has 30 heavy (non-hydrogen) atoms. The first-order valence-electron chi connectivity index (χ1n) is 8.90. The van der Waals surface area contributed by atoms with Gasteiger partial charge in [0.1, 0.15) is 17.3 Å². The molecule has 1 aliphatic rings. The van der Waals surface area contributed by atoms with Gasteiger partial charge in [-0.2, -0.15) is 13.2 Å². The minimum Gasteiger partial charge on any atom is -0.495 e. The summed E-state index contributed by atoms with van der Waals surface area (Å²) in [5, 5.41) is 9.11. The molecule has 0 amide bonds. The van der Waals surface area contributed by atoms with E-state index in [1.807, 2.05) is 0 Å². The second-order valence-electron chi connectivity index (χ2n) is 6.57. The van der Waals surface area contributed by atoms with E-state index in [-0.39, 0.29) is 28.0 Å². The molecule has 0 saturated heterocycles. The van der Waals surface area contributed by atoms with Crippen molar-refractivity contribution in [2.45, 2.75) is 32.0 Å². The number of rotatable bonds is 5. The van der Waals surface area contributed by atoms with Gasteiger partial charge in [-0.25, -0.2) is 9.38 Å². The van der Waals surface area contributed by atoms with Crippen molar-refractivity contribution in [3.63, 3.8) is 0 Å². The summed E-state index contributed by atoms with van der Waals surface area (Å²) < 4.78 is 59.6. The average Bonchev–Trinajstić information content (AvgIpc) is 2.67. The number of carboxylic acids is 1. The number of alkyl halides is 3. The Balaban J connectivity index is 2.30. The number of aliphatic imine (C=N–C) groups is 1. The van der Waals surface area contributed by atoms with Crippen molar-refractivity contribution in [1.29, 1.82) is 0 Å². The van der Waals surface area contributed by atoms with Crippen molar-refractivity contribution in [1.82, 2.24) is 0 Å². The molecule has 1 N–H and O–H groups in total. The quantitative estimate of drug-likeness (QED) is 0.476. The lowest BCUT2D eigenvalue weighted by Gasteiger charge is -2.37. The molecule has 0 bridgehead atoms. The number of aliphatic carboxylic acids is 1. The zero-order valence-electron chi connectivity index (χ0n) is 15.9. The molecule has 1 atom stereocenters. The van der Waals surface area contributed by atoms with E-state index >= 15 is 0 Å². The van der Waals surface area contributed by atoms with Crippen LogP contribution in [0.15, 0.2) is 35.3 Å². The highest BCUT2D eigenvalue weighted by atomic mass is 35.5. The first kappa shape index (κ1) is 21.9. The third-order valence-corrected chi connectivity index (χ3v) is 5.09. The highest BCUT2D eigenvalue weighted by Crippen LogP contribution is 2.47. The number of aryl methyl sites for hydroxylation is 1. The smallest absolute Gasteiger partial charge is 0.416 e. The molecule has 2 aromatic rings. The maximum atomic E-state index is 14.5. The summed E-state index contributed by atoms with van der Waals surface area (Å²) in [4.78, 5) is 16.8. The Morgan fingerprint density at radius 2 is 2.00 bits per heavy atom. The highest BCUT2D eigenvalue weighted by Gasteiger charge is 2.38. The monoisotopic (exact) mass is 444 g/mol. The van der Waals surface area contributed by atoms with Crippen LogP contribution >= 0.6 is 11.6 Å². The van der Waals surface area contributed by atoms with Crippen molar-refractivity contribution in [3.05, 3.63) is 52.8 Å². The summed E-state index contributed by atoms with van der Waals surface area (Å²) in [7, 11) is 1.26. The maximum absolute atomic E-state index is 14.5. The Morgan fingerprint density at radius 3 is 2.57 bits per heavy atom. The molecule has 0 radical (unpaired) electrons. The second-order valence-corrected chi connectivity index (χ2v) is 6.91. The number of amidine groups is 1. The van der Waals surface area contributed by atoms with Crippen LogP contribution in [0.3, 0.4) is 0 Å². The van der Waals surface area contributed by atoms with Crippen LogP contribution < -0.4 is 9.64 Å². The van der Waals surface area contributed by atoms with Gasteiger partial charge in [-0.05, 0) is 47.9 Å². The van der Waals surface area contributed by atoms with E-state index in [1.165, 1.54) is 19.2 Å². The number of benzene rings is 2. The summed E-state index contributed by atoms with van der Waals surface area (Å²) >= 11 is 6.27. The summed E-state index contributed by atoms with van der Waals surface area (Å²) in [6.07, 6.45) is -4.77. The molecule has 3 rings (SSSR count). The lowest BCUT2D eigenvalue weighted by atomic mass is 9.91. The lowest BCUT2D eigenvalue weighted by Crippen LogP contribution is -2.37. The van der Waals surface area contributed by atoms with Gasteiger partial charge in [-0.1, -0.05) is 13.0 Å². The first-order valence-corrected chi connectivity index (χ1v) is 9.28. The van der Waals surface area contributed by atoms with E-state index in [9.17, 15) is 27.5 Å². The van der Waals surface area contributed by atoms with Crippen LogP contribution in [0.2, 0.25) is 0 Å². The summed E-state index contributed by atoms with van der Waals surface area (Å²) in [6.45, 7) is 1.79. The van der Waals surface area contributed by atoms with Crippen molar-refractivity contribution >= 4 is 34.2 Å². The number of carbonyl (C=O) groups is 1. The number of carboxylic acid groups (broad SMARTS) is 1. The lowest BCUT2D eigenvalue weighted by molar-refractivity contribution is -0.138. The Morgan fingerprint density at radius 1 is 1.30 bits per heavy atom. The van der Waals surface area contributed by atoms with Gasteiger partial charge in [0.2, 0.25) is 5.29 Å². The molecule has 1 aliphatic heterocycles. The topological polar surface area (TPSA) is 62.1 Å². The van der Waals surface area contributed by atoms with Gasteiger partial charge in [-0.15, -0.1) is 0 Å². The van der Waals surface area contributed by atoms with Gasteiger partial charge >= 0.3 is 12.1 Å². The van der Waals surface area contributed by atoms with Gasteiger partial charge in [0.25, 0.3) is 0 Å². The number of ether oxygens (including phenoxy) is 1. The van der Waals surface area contributed by atoms with E-state index in [4.69, 9.17) is 16.3 Å². The third-order valence-electron chi connectivity index (χ3n) is 4.82. The molecule has 0 aliphatic carbocycles. The fourth-order valence-electron chi connectivity index (χ4n) is 3.50. The SMILES string of the molecule is CCc1ccc(F)c2c1C(CC(=O)O)N(c1cc(C(F)(F)F)ccc1OC)C(Cl)=N2. The van der Waals surface area contributed by atoms with Crippen molar-refractivity contribution in [3.8, 4) is 5.75 Å². The fraction of sp³-hybridized carbons (Fsp3) is 0.300. The van der Waals surface area contributed by atoms with Gasteiger partial charge in [0.15, 0.2) is 0 Å². The molecule has 1 heterocycles. The van der Waals surface area contributed by atoms with Crippen LogP contribution in [-0.2, 0) is 17.4 Å². The molecule has 0 fully saturated rings. The van der Waals surface area contributed by atoms with Gasteiger partial charge in [-0.3, -0.25) is 4.79 Å². The molecule has 0 aromatic heterocycles. The Hall–Kier alpha value is -2.81. The summed E-state index contributed by atoms with van der Waals surface area (Å²) in [5.41, 5.74) is -0.333. The van der Waals surface area contributed by atoms with Crippen LogP contribution in [0.5, 0.6) is 5.75 Å². The molecule has 10 heteroatoms. The number of hydrogen-bond acceptors (Lipinski definition) is 4. The molecule has 1 unspecified atom stereocenters. The van der Waals surface area contributed by atoms with E-state index in [0.717, 1.165) is 23.1 Å². The van der Waals surface area contributed by atoms with E-state index < -0.39 is 36.0 Å². The molecular weight excluding hydrogens is 428 g/mol. The van der Waals surface area contributed by atoms with Crippen molar-refractivity contribution in [2.75, 3.05) is 12.0 Å². The number of nitrogens with zero attached hydrogens (tertiary/aromatic N) is 2. The molecule has 160 valence electrons. The Kier molecular flexibility index (Phi) is 5.94. The molecule has 5 nitrogen and oxygen atoms in total. The van der Waals surface area contributed by atoms with Crippen LogP contribution in [0.25, 0.3) is 0 Å². The zero-order valence-corrected chi connectivity index (χ0v) is 16.7. The minimum absolute atomic E-state index is 0.0321. The Bertz CT molecular complexity index is 1020. The average molecular weight is 445 g/mol. The zero-order chi connectivity index (χ0) is 22.2. The standard InChI is InChI=1S/C20H17ClF4N2O3/c1-3-10-4-6-12(22)18-17(10)14(9-16(28)29)27(19(21)26-18)13-8-11(20(23,24)25)5-7-15(13)30-2/h4-8,14H,3,9H2,1-2H3,(H,28,29). The largest absolute Gasteiger partial charge is 0.495 e. The van der Waals surface area contributed by atoms with Gasteiger partial charge < -0.3 is 14.7 Å². The second kappa shape index (κ2) is 8.14. The molecule has 0 spiro atoms. The maximum Gasteiger partial charge on any atom is 0.416 e.